The Morgan fingerprint density at radius 2 is 1.29 bits per heavy atom. The maximum atomic E-state index is 6.49. The van der Waals surface area contributed by atoms with Gasteiger partial charge >= 0.3 is 0 Å². The van der Waals surface area contributed by atoms with E-state index in [-0.39, 0.29) is 6.10 Å². The Morgan fingerprint density at radius 1 is 0.762 bits per heavy atom. The van der Waals surface area contributed by atoms with E-state index in [1.807, 2.05) is 0 Å². The zero-order chi connectivity index (χ0) is 14.3. The summed E-state index contributed by atoms with van der Waals surface area (Å²) in [6.07, 6.45) is 7.14. The molecule has 110 valence electrons. The van der Waals surface area contributed by atoms with Gasteiger partial charge in [-0.1, -0.05) is 92.8 Å². The Bertz CT molecular complexity index is 480. The van der Waals surface area contributed by atoms with Crippen molar-refractivity contribution >= 4 is 9.76 Å². The molecule has 0 aromatic heterocycles. The fraction of sp³-hybridized carbons (Fsp3) is 0.368. The minimum Gasteiger partial charge on any atom is -0.413 e. The van der Waals surface area contributed by atoms with Crippen LogP contribution >= 0.6 is 0 Å². The maximum Gasteiger partial charge on any atom is 0.165 e. The van der Waals surface area contributed by atoms with Gasteiger partial charge < -0.3 is 4.43 Å². The van der Waals surface area contributed by atoms with E-state index in [4.69, 9.17) is 4.43 Å². The fourth-order valence-corrected chi connectivity index (χ4v) is 4.99. The molecule has 0 spiro atoms. The van der Waals surface area contributed by atoms with Crippen molar-refractivity contribution in [1.29, 1.82) is 0 Å². The minimum atomic E-state index is -0.470. The molecule has 1 fully saturated rings. The first-order valence-corrected chi connectivity index (χ1v) is 9.54. The van der Waals surface area contributed by atoms with Crippen LogP contribution in [0.15, 0.2) is 60.7 Å². The quantitative estimate of drug-likeness (QED) is 0.731. The average molecular weight is 296 g/mol. The van der Waals surface area contributed by atoms with Crippen LogP contribution in [0.4, 0.5) is 0 Å². The van der Waals surface area contributed by atoms with Gasteiger partial charge in [-0.3, -0.25) is 0 Å². The maximum absolute atomic E-state index is 6.49. The van der Waals surface area contributed by atoms with Gasteiger partial charge in [0.1, 0.15) is 0 Å². The van der Waals surface area contributed by atoms with Gasteiger partial charge in [-0.2, -0.15) is 0 Å². The lowest BCUT2D eigenvalue weighted by Gasteiger charge is -2.25. The standard InChI is InChI=1S/C19H24OSi/c1-4-10-16(11-5-1)19(17-12-6-2-7-13-17)20-21-18-14-8-3-9-15-18/h1-2,4-7,10-13,18-19H,3,8-9,14-15,21H2. The SMILES string of the molecule is c1ccc(C(O[SiH2]C2CCCCC2)c2ccccc2)cc1. The van der Waals surface area contributed by atoms with Gasteiger partial charge in [0.25, 0.3) is 0 Å². The molecule has 0 N–H and O–H groups in total. The van der Waals surface area contributed by atoms with Gasteiger partial charge in [-0.25, -0.2) is 0 Å². The predicted octanol–water partition coefficient (Wildman–Crippen LogP) is 4.63. The third-order valence-corrected chi connectivity index (χ3v) is 6.24. The molecular formula is C19H24OSi. The normalized spacial score (nSPS) is 16.8. The van der Waals surface area contributed by atoms with Crippen molar-refractivity contribution in [2.24, 2.45) is 0 Å². The lowest BCUT2D eigenvalue weighted by Crippen LogP contribution is -2.16. The third-order valence-electron chi connectivity index (χ3n) is 4.43. The Balaban J connectivity index is 1.73. The van der Waals surface area contributed by atoms with Crippen molar-refractivity contribution in [3.05, 3.63) is 71.8 Å². The first kappa shape index (κ1) is 14.5. The van der Waals surface area contributed by atoms with Crippen LogP contribution in [-0.2, 0) is 4.43 Å². The second-order valence-electron chi connectivity index (χ2n) is 6.04. The summed E-state index contributed by atoms with van der Waals surface area (Å²) in [5, 5.41) is 0. The van der Waals surface area contributed by atoms with Gasteiger partial charge in [-0.05, 0) is 16.7 Å². The largest absolute Gasteiger partial charge is 0.413 e. The Hall–Kier alpha value is -1.38. The van der Waals surface area contributed by atoms with E-state index in [0.717, 1.165) is 5.54 Å². The summed E-state index contributed by atoms with van der Waals surface area (Å²) in [5.41, 5.74) is 3.45. The van der Waals surface area contributed by atoms with E-state index >= 15 is 0 Å². The summed E-state index contributed by atoms with van der Waals surface area (Å²) in [5.74, 6) is 0. The summed E-state index contributed by atoms with van der Waals surface area (Å²) >= 11 is 0. The van der Waals surface area contributed by atoms with Crippen LogP contribution in [0.25, 0.3) is 0 Å². The molecule has 1 saturated carbocycles. The van der Waals surface area contributed by atoms with Crippen LogP contribution in [-0.4, -0.2) is 9.76 Å². The molecule has 1 aliphatic rings. The predicted molar refractivity (Wildman–Crippen MR) is 91.2 cm³/mol. The van der Waals surface area contributed by atoms with Gasteiger partial charge in [0.2, 0.25) is 0 Å². The number of hydrogen-bond donors (Lipinski definition) is 0. The molecule has 3 rings (SSSR count). The van der Waals surface area contributed by atoms with E-state index < -0.39 is 9.76 Å². The van der Waals surface area contributed by atoms with Crippen LogP contribution in [0.2, 0.25) is 5.54 Å². The highest BCUT2D eigenvalue weighted by atomic mass is 28.2. The zero-order valence-electron chi connectivity index (χ0n) is 12.6. The molecule has 0 atom stereocenters. The lowest BCUT2D eigenvalue weighted by atomic mass is 10.0. The topological polar surface area (TPSA) is 9.23 Å². The van der Waals surface area contributed by atoms with Gasteiger partial charge in [0.05, 0.1) is 6.10 Å². The van der Waals surface area contributed by atoms with Crippen molar-refractivity contribution in [3.63, 3.8) is 0 Å². The molecule has 21 heavy (non-hydrogen) atoms. The van der Waals surface area contributed by atoms with Crippen molar-refractivity contribution < 1.29 is 4.43 Å². The first-order chi connectivity index (χ1) is 10.4. The van der Waals surface area contributed by atoms with E-state index in [2.05, 4.69) is 60.7 Å². The molecule has 0 saturated heterocycles. The Kier molecular flexibility index (Phi) is 5.25. The van der Waals surface area contributed by atoms with E-state index in [1.54, 1.807) is 0 Å². The van der Waals surface area contributed by atoms with Gasteiger partial charge in [0, 0.05) is 0 Å². The van der Waals surface area contributed by atoms with E-state index in [9.17, 15) is 0 Å². The number of hydrogen-bond acceptors (Lipinski definition) is 1. The Labute approximate surface area is 130 Å². The average Bonchev–Trinajstić information content (AvgIpc) is 2.58. The molecule has 0 bridgehead atoms. The molecule has 0 heterocycles. The third kappa shape index (κ3) is 4.05. The van der Waals surface area contributed by atoms with Crippen molar-refractivity contribution in [1.82, 2.24) is 0 Å². The molecule has 2 aromatic carbocycles. The van der Waals surface area contributed by atoms with Gasteiger partial charge in [-0.15, -0.1) is 0 Å². The van der Waals surface area contributed by atoms with E-state index in [1.165, 1.54) is 43.2 Å². The second kappa shape index (κ2) is 7.58. The minimum absolute atomic E-state index is 0.126. The summed E-state index contributed by atoms with van der Waals surface area (Å²) in [7, 11) is -0.470. The van der Waals surface area contributed by atoms with Crippen LogP contribution in [0.1, 0.15) is 49.3 Å². The molecule has 1 aliphatic carbocycles. The van der Waals surface area contributed by atoms with Crippen molar-refractivity contribution in [3.8, 4) is 0 Å². The van der Waals surface area contributed by atoms with Crippen LogP contribution in [0.3, 0.4) is 0 Å². The summed E-state index contributed by atoms with van der Waals surface area (Å²) < 4.78 is 6.49. The molecular weight excluding hydrogens is 272 g/mol. The zero-order valence-corrected chi connectivity index (χ0v) is 14.0. The highest BCUT2D eigenvalue weighted by Gasteiger charge is 2.19. The second-order valence-corrected chi connectivity index (χ2v) is 7.86. The smallest absolute Gasteiger partial charge is 0.165 e. The molecule has 0 unspecified atom stereocenters. The Morgan fingerprint density at radius 3 is 1.81 bits per heavy atom. The van der Waals surface area contributed by atoms with Crippen molar-refractivity contribution in [2.45, 2.75) is 43.7 Å². The molecule has 2 heteroatoms. The lowest BCUT2D eigenvalue weighted by molar-refractivity contribution is 0.250. The monoisotopic (exact) mass is 296 g/mol. The van der Waals surface area contributed by atoms with E-state index in [0.29, 0.717) is 0 Å². The molecule has 0 radical (unpaired) electrons. The first-order valence-electron chi connectivity index (χ1n) is 8.15. The fourth-order valence-electron chi connectivity index (χ4n) is 3.23. The highest BCUT2D eigenvalue weighted by molar-refractivity contribution is 6.29. The molecule has 1 nitrogen and oxygen atoms in total. The van der Waals surface area contributed by atoms with Crippen LogP contribution in [0, 0.1) is 0 Å². The van der Waals surface area contributed by atoms with Gasteiger partial charge in [0.15, 0.2) is 9.76 Å². The van der Waals surface area contributed by atoms with Crippen LogP contribution < -0.4 is 0 Å². The van der Waals surface area contributed by atoms with Crippen LogP contribution in [0.5, 0.6) is 0 Å². The summed E-state index contributed by atoms with van der Waals surface area (Å²) in [6.45, 7) is 0. The van der Waals surface area contributed by atoms with Crippen molar-refractivity contribution in [2.75, 3.05) is 0 Å². The number of rotatable bonds is 5. The molecule has 0 amide bonds. The summed E-state index contributed by atoms with van der Waals surface area (Å²) in [4.78, 5) is 0. The highest BCUT2D eigenvalue weighted by Crippen LogP contribution is 2.31. The summed E-state index contributed by atoms with van der Waals surface area (Å²) in [6, 6.07) is 21.3. The molecule has 0 aliphatic heterocycles. The number of benzene rings is 2. The molecule has 2 aromatic rings.